The van der Waals surface area contributed by atoms with Crippen LogP contribution in [0.25, 0.3) is 0 Å². The molecule has 0 amide bonds. The number of nitrogens with one attached hydrogen (secondary N) is 1. The largest absolute Gasteiger partial charge is 0.487 e. The van der Waals surface area contributed by atoms with Gasteiger partial charge in [-0.2, -0.15) is 0 Å². The molecule has 104 valence electrons. The number of hydrogen-bond acceptors (Lipinski definition) is 3. The van der Waals surface area contributed by atoms with Gasteiger partial charge in [-0.3, -0.25) is 0 Å². The number of benzene rings is 1. The van der Waals surface area contributed by atoms with Crippen LogP contribution in [0.4, 0.5) is 5.69 Å². The van der Waals surface area contributed by atoms with Gasteiger partial charge in [0.2, 0.25) is 0 Å². The van der Waals surface area contributed by atoms with E-state index in [-0.39, 0.29) is 6.10 Å². The summed E-state index contributed by atoms with van der Waals surface area (Å²) in [4.78, 5) is 2.31. The zero-order chi connectivity index (χ0) is 13.2. The molecule has 1 aromatic carbocycles. The van der Waals surface area contributed by atoms with Gasteiger partial charge in [-0.1, -0.05) is 6.07 Å². The summed E-state index contributed by atoms with van der Waals surface area (Å²) in [5, 5.41) is 3.50. The number of nitrogens with zero attached hydrogens (tertiary/aromatic N) is 1. The second kappa shape index (κ2) is 5.41. The number of likely N-dealkylation sites (N-methyl/N-ethyl adjacent to an activating group) is 1. The van der Waals surface area contributed by atoms with Gasteiger partial charge in [-0.05, 0) is 62.9 Å². The molecule has 2 unspecified atom stereocenters. The first-order valence-electron chi connectivity index (χ1n) is 7.44. The maximum atomic E-state index is 5.89. The van der Waals surface area contributed by atoms with Crippen molar-refractivity contribution in [2.24, 2.45) is 5.92 Å². The monoisotopic (exact) mass is 260 g/mol. The highest BCUT2D eigenvalue weighted by molar-refractivity contribution is 5.61. The van der Waals surface area contributed by atoms with Gasteiger partial charge in [0.15, 0.2) is 0 Å². The molecule has 2 atom stereocenters. The Labute approximate surface area is 115 Å². The summed E-state index contributed by atoms with van der Waals surface area (Å²) in [6, 6.07) is 6.70. The molecular weight excluding hydrogens is 236 g/mol. The molecule has 2 aliphatic rings. The van der Waals surface area contributed by atoms with E-state index in [0.29, 0.717) is 0 Å². The number of hydrogen-bond donors (Lipinski definition) is 1. The van der Waals surface area contributed by atoms with Crippen molar-refractivity contribution in [3.8, 4) is 5.75 Å². The van der Waals surface area contributed by atoms with E-state index in [0.717, 1.165) is 18.2 Å². The minimum Gasteiger partial charge on any atom is -0.487 e. The summed E-state index contributed by atoms with van der Waals surface area (Å²) in [5.74, 6) is 1.83. The third-order valence-electron chi connectivity index (χ3n) is 4.22. The van der Waals surface area contributed by atoms with E-state index < -0.39 is 0 Å². The fraction of sp³-hybridized carbons (Fsp3) is 0.625. The van der Waals surface area contributed by atoms with Crippen molar-refractivity contribution < 1.29 is 4.74 Å². The van der Waals surface area contributed by atoms with Crippen LogP contribution in [0.2, 0.25) is 0 Å². The standard InChI is InChI=1S/C16H24N2O/c1-12-11-18(2)15-9-13(5-6-16(15)19-12)8-14-4-3-7-17-10-14/h5-6,9,12,14,17H,3-4,7-8,10-11H2,1-2H3. The third kappa shape index (κ3) is 2.86. The highest BCUT2D eigenvalue weighted by Gasteiger charge is 2.21. The lowest BCUT2D eigenvalue weighted by Crippen LogP contribution is -2.35. The Hall–Kier alpha value is -1.22. The smallest absolute Gasteiger partial charge is 0.143 e. The molecule has 0 spiro atoms. The van der Waals surface area contributed by atoms with Gasteiger partial charge in [0.1, 0.15) is 11.9 Å². The summed E-state index contributed by atoms with van der Waals surface area (Å²) in [6.07, 6.45) is 4.14. The SMILES string of the molecule is CC1CN(C)c2cc(CC3CCCNC3)ccc2O1. The number of anilines is 1. The van der Waals surface area contributed by atoms with Crippen molar-refractivity contribution in [1.29, 1.82) is 0 Å². The van der Waals surface area contributed by atoms with Crippen molar-refractivity contribution in [1.82, 2.24) is 5.32 Å². The number of fused-ring (bicyclic) bond motifs is 1. The second-order valence-corrected chi connectivity index (χ2v) is 6.03. The van der Waals surface area contributed by atoms with E-state index in [1.54, 1.807) is 0 Å². The Morgan fingerprint density at radius 2 is 2.32 bits per heavy atom. The summed E-state index contributed by atoms with van der Waals surface area (Å²) in [7, 11) is 2.16. The molecule has 1 fully saturated rings. The van der Waals surface area contributed by atoms with Crippen LogP contribution in [-0.4, -0.2) is 32.8 Å². The summed E-state index contributed by atoms with van der Waals surface area (Å²) in [6.45, 7) is 5.46. The Bertz CT molecular complexity index is 440. The first-order valence-corrected chi connectivity index (χ1v) is 7.44. The van der Waals surface area contributed by atoms with Crippen LogP contribution in [0.1, 0.15) is 25.3 Å². The molecule has 0 aliphatic carbocycles. The molecule has 1 aromatic rings. The van der Waals surface area contributed by atoms with Gasteiger partial charge in [-0.25, -0.2) is 0 Å². The maximum absolute atomic E-state index is 5.89. The second-order valence-electron chi connectivity index (χ2n) is 6.03. The van der Waals surface area contributed by atoms with Crippen LogP contribution in [0.15, 0.2) is 18.2 Å². The van der Waals surface area contributed by atoms with Crippen LogP contribution >= 0.6 is 0 Å². The Balaban J connectivity index is 1.75. The predicted octanol–water partition coefficient (Wildman–Crippen LogP) is 2.45. The van der Waals surface area contributed by atoms with E-state index >= 15 is 0 Å². The average molecular weight is 260 g/mol. The molecule has 3 rings (SSSR count). The van der Waals surface area contributed by atoms with Gasteiger partial charge in [-0.15, -0.1) is 0 Å². The van der Waals surface area contributed by atoms with Gasteiger partial charge < -0.3 is 15.0 Å². The lowest BCUT2D eigenvalue weighted by atomic mass is 9.92. The van der Waals surface area contributed by atoms with E-state index in [4.69, 9.17) is 4.74 Å². The van der Waals surface area contributed by atoms with Crippen LogP contribution in [0.5, 0.6) is 5.75 Å². The van der Waals surface area contributed by atoms with E-state index in [2.05, 4.69) is 42.4 Å². The fourth-order valence-corrected chi connectivity index (χ4v) is 3.26. The van der Waals surface area contributed by atoms with Crippen molar-refractivity contribution >= 4 is 5.69 Å². The van der Waals surface area contributed by atoms with Crippen molar-refractivity contribution in [2.45, 2.75) is 32.3 Å². The first-order chi connectivity index (χ1) is 9.22. The molecule has 0 radical (unpaired) electrons. The quantitative estimate of drug-likeness (QED) is 0.884. The molecular formula is C16H24N2O. The van der Waals surface area contributed by atoms with Crippen LogP contribution in [0, 0.1) is 5.92 Å². The van der Waals surface area contributed by atoms with Crippen molar-refractivity contribution in [3.63, 3.8) is 0 Å². The van der Waals surface area contributed by atoms with Crippen LogP contribution in [-0.2, 0) is 6.42 Å². The number of piperidine rings is 1. The van der Waals surface area contributed by atoms with Crippen molar-refractivity contribution in [2.75, 3.05) is 31.6 Å². The molecule has 0 aromatic heterocycles. The summed E-state index contributed by atoms with van der Waals surface area (Å²) in [5.41, 5.74) is 2.69. The Morgan fingerprint density at radius 3 is 3.11 bits per heavy atom. The van der Waals surface area contributed by atoms with Gasteiger partial charge in [0.05, 0.1) is 12.2 Å². The molecule has 3 nitrogen and oxygen atoms in total. The minimum atomic E-state index is 0.283. The highest BCUT2D eigenvalue weighted by atomic mass is 16.5. The molecule has 0 saturated carbocycles. The topological polar surface area (TPSA) is 24.5 Å². The normalized spacial score (nSPS) is 26.7. The highest BCUT2D eigenvalue weighted by Crippen LogP contribution is 2.34. The molecule has 2 heterocycles. The van der Waals surface area contributed by atoms with E-state index in [1.807, 2.05) is 0 Å². The molecule has 1 N–H and O–H groups in total. The predicted molar refractivity (Wildman–Crippen MR) is 79.1 cm³/mol. The van der Waals surface area contributed by atoms with Crippen LogP contribution in [0.3, 0.4) is 0 Å². The molecule has 1 saturated heterocycles. The third-order valence-corrected chi connectivity index (χ3v) is 4.22. The van der Waals surface area contributed by atoms with Gasteiger partial charge in [0, 0.05) is 7.05 Å². The zero-order valence-corrected chi connectivity index (χ0v) is 12.0. The van der Waals surface area contributed by atoms with Crippen LogP contribution < -0.4 is 15.0 Å². The maximum Gasteiger partial charge on any atom is 0.143 e. The number of ether oxygens (including phenoxy) is 1. The average Bonchev–Trinajstić information content (AvgIpc) is 2.40. The summed E-state index contributed by atoms with van der Waals surface area (Å²) >= 11 is 0. The van der Waals surface area contributed by atoms with Gasteiger partial charge >= 0.3 is 0 Å². The van der Waals surface area contributed by atoms with E-state index in [9.17, 15) is 0 Å². The lowest BCUT2D eigenvalue weighted by molar-refractivity contribution is 0.215. The van der Waals surface area contributed by atoms with Gasteiger partial charge in [0.25, 0.3) is 0 Å². The molecule has 2 aliphatic heterocycles. The van der Waals surface area contributed by atoms with E-state index in [1.165, 1.54) is 43.6 Å². The van der Waals surface area contributed by atoms with Crippen molar-refractivity contribution in [3.05, 3.63) is 23.8 Å². The Kier molecular flexibility index (Phi) is 3.65. The molecule has 19 heavy (non-hydrogen) atoms. The molecule has 0 bridgehead atoms. The summed E-state index contributed by atoms with van der Waals surface area (Å²) < 4.78 is 5.89. The number of rotatable bonds is 2. The zero-order valence-electron chi connectivity index (χ0n) is 12.0. The first kappa shape index (κ1) is 12.8. The lowest BCUT2D eigenvalue weighted by Gasteiger charge is -2.32. The molecule has 3 heteroatoms. The Morgan fingerprint density at radius 1 is 1.42 bits per heavy atom. The minimum absolute atomic E-state index is 0.283. The fourth-order valence-electron chi connectivity index (χ4n) is 3.26.